The van der Waals surface area contributed by atoms with Gasteiger partial charge in [-0.3, -0.25) is 0 Å². The van der Waals surface area contributed by atoms with Gasteiger partial charge < -0.3 is 9.80 Å². The second kappa shape index (κ2) is 2.95. The summed E-state index contributed by atoms with van der Waals surface area (Å²) < 4.78 is 0. The Hall–Kier alpha value is -0.990. The molecule has 1 rings (SSSR count). The molecule has 3 heteroatoms. The fourth-order valence-electron chi connectivity index (χ4n) is 1.01. The third-order valence-electron chi connectivity index (χ3n) is 1.89. The summed E-state index contributed by atoms with van der Waals surface area (Å²) in [5.74, 6) is 1.98. The predicted octanol–water partition coefficient (Wildman–Crippen LogP) is 0.753. The number of rotatable bonds is 0. The molecular weight excluding hydrogens is 138 g/mol. The van der Waals surface area contributed by atoms with Crippen LogP contribution in [-0.2, 0) is 0 Å². The molecule has 3 nitrogen and oxygen atoms in total. The van der Waals surface area contributed by atoms with Crippen molar-refractivity contribution in [3.63, 3.8) is 0 Å². The topological polar surface area (TPSA) is 18.8 Å². The smallest absolute Gasteiger partial charge is 0.123 e. The molecule has 0 aliphatic carbocycles. The molecule has 0 amide bonds. The van der Waals surface area contributed by atoms with Crippen molar-refractivity contribution in [2.45, 2.75) is 6.42 Å². The van der Waals surface area contributed by atoms with Crippen molar-refractivity contribution in [1.29, 1.82) is 0 Å². The van der Waals surface area contributed by atoms with Crippen LogP contribution in [0.4, 0.5) is 0 Å². The maximum absolute atomic E-state index is 4.34. The van der Waals surface area contributed by atoms with E-state index < -0.39 is 0 Å². The van der Waals surface area contributed by atoms with Gasteiger partial charge in [-0.2, -0.15) is 0 Å². The Morgan fingerprint density at radius 2 is 2.18 bits per heavy atom. The lowest BCUT2D eigenvalue weighted by Gasteiger charge is -2.27. The van der Waals surface area contributed by atoms with E-state index in [0.717, 1.165) is 24.6 Å². The number of hydrogen-bond acceptors (Lipinski definition) is 3. The molecule has 0 N–H and O–H groups in total. The van der Waals surface area contributed by atoms with Crippen LogP contribution >= 0.6 is 0 Å². The monoisotopic (exact) mass is 153 g/mol. The van der Waals surface area contributed by atoms with E-state index in [1.54, 1.807) is 0 Å². The molecule has 1 aliphatic rings. The molecule has 0 radical (unpaired) electrons. The molecule has 0 saturated heterocycles. The quantitative estimate of drug-likeness (QED) is 0.511. The van der Waals surface area contributed by atoms with Crippen molar-refractivity contribution >= 4 is 5.84 Å². The minimum absolute atomic E-state index is 0.861. The van der Waals surface area contributed by atoms with Crippen LogP contribution in [0.15, 0.2) is 17.4 Å². The van der Waals surface area contributed by atoms with Crippen LogP contribution in [0.1, 0.15) is 6.42 Å². The lowest BCUT2D eigenvalue weighted by atomic mass is 10.3. The third-order valence-corrected chi connectivity index (χ3v) is 1.89. The van der Waals surface area contributed by atoms with E-state index in [-0.39, 0.29) is 0 Å². The number of aliphatic imine (C=N–C) groups is 1. The van der Waals surface area contributed by atoms with E-state index in [1.165, 1.54) is 0 Å². The van der Waals surface area contributed by atoms with Crippen LogP contribution in [0.25, 0.3) is 0 Å². The van der Waals surface area contributed by atoms with Gasteiger partial charge in [0.1, 0.15) is 11.7 Å². The summed E-state index contributed by atoms with van der Waals surface area (Å²) in [6, 6.07) is 0. The Bertz CT molecular complexity index is 194. The maximum atomic E-state index is 4.34. The first-order valence-corrected chi connectivity index (χ1v) is 3.76. The lowest BCUT2D eigenvalue weighted by molar-refractivity contribution is 0.400. The molecule has 0 saturated carbocycles. The van der Waals surface area contributed by atoms with Crippen LogP contribution in [0, 0.1) is 0 Å². The molecule has 0 bridgehead atoms. The summed E-state index contributed by atoms with van der Waals surface area (Å²) in [5.41, 5.74) is 0. The Morgan fingerprint density at radius 3 is 2.64 bits per heavy atom. The predicted molar refractivity (Wildman–Crippen MR) is 47.5 cm³/mol. The fraction of sp³-hybridized carbons (Fsp3) is 0.625. The van der Waals surface area contributed by atoms with Crippen molar-refractivity contribution in [2.75, 3.05) is 27.7 Å². The number of amidine groups is 1. The van der Waals surface area contributed by atoms with Crippen molar-refractivity contribution in [3.05, 3.63) is 12.4 Å². The molecule has 1 aliphatic heterocycles. The number of hydrogen-bond donors (Lipinski definition) is 0. The summed E-state index contributed by atoms with van der Waals surface area (Å²) in [7, 11) is 6.03. The second-order valence-corrected chi connectivity index (χ2v) is 3.01. The van der Waals surface area contributed by atoms with Gasteiger partial charge in [-0.05, 0) is 0 Å². The van der Waals surface area contributed by atoms with Gasteiger partial charge in [0.2, 0.25) is 0 Å². The molecule has 0 aromatic heterocycles. The minimum Gasteiger partial charge on any atom is -0.366 e. The van der Waals surface area contributed by atoms with E-state index in [1.807, 2.05) is 26.0 Å². The molecule has 62 valence electrons. The van der Waals surface area contributed by atoms with Gasteiger partial charge >= 0.3 is 0 Å². The van der Waals surface area contributed by atoms with E-state index in [2.05, 4.69) is 16.5 Å². The molecule has 0 aromatic carbocycles. The highest BCUT2D eigenvalue weighted by Gasteiger charge is 2.12. The highest BCUT2D eigenvalue weighted by Crippen LogP contribution is 2.10. The summed E-state index contributed by atoms with van der Waals surface area (Å²) >= 11 is 0. The normalized spacial score (nSPS) is 18.3. The zero-order chi connectivity index (χ0) is 8.43. The number of nitrogens with zero attached hydrogens (tertiary/aromatic N) is 3. The molecular formula is C8H15N3. The molecule has 0 atom stereocenters. The van der Waals surface area contributed by atoms with E-state index >= 15 is 0 Å². The summed E-state index contributed by atoms with van der Waals surface area (Å²) in [5, 5.41) is 0. The summed E-state index contributed by atoms with van der Waals surface area (Å²) in [6.45, 7) is 4.86. The first kappa shape index (κ1) is 8.11. The van der Waals surface area contributed by atoms with E-state index in [9.17, 15) is 0 Å². The second-order valence-electron chi connectivity index (χ2n) is 3.01. The SMILES string of the molecule is C=C1N=C(N(C)C)CCN1C. The van der Waals surface area contributed by atoms with Crippen LogP contribution < -0.4 is 0 Å². The van der Waals surface area contributed by atoms with Crippen LogP contribution in [0.2, 0.25) is 0 Å². The highest BCUT2D eigenvalue weighted by molar-refractivity contribution is 5.83. The average Bonchev–Trinajstić information content (AvgIpc) is 1.94. The molecule has 0 unspecified atom stereocenters. The minimum atomic E-state index is 0.861. The van der Waals surface area contributed by atoms with E-state index in [4.69, 9.17) is 0 Å². The Kier molecular flexibility index (Phi) is 2.17. The van der Waals surface area contributed by atoms with Crippen molar-refractivity contribution < 1.29 is 0 Å². The van der Waals surface area contributed by atoms with Crippen molar-refractivity contribution in [1.82, 2.24) is 9.80 Å². The average molecular weight is 153 g/mol. The first-order chi connectivity index (χ1) is 5.11. The maximum Gasteiger partial charge on any atom is 0.123 e. The zero-order valence-corrected chi connectivity index (χ0v) is 7.46. The largest absolute Gasteiger partial charge is 0.366 e. The van der Waals surface area contributed by atoms with Gasteiger partial charge in [0, 0.05) is 34.1 Å². The fourth-order valence-corrected chi connectivity index (χ4v) is 1.01. The summed E-state index contributed by atoms with van der Waals surface area (Å²) in [6.07, 6.45) is 1.02. The van der Waals surface area contributed by atoms with Crippen molar-refractivity contribution in [3.8, 4) is 0 Å². The Balaban J connectivity index is 2.71. The van der Waals surface area contributed by atoms with Crippen LogP contribution in [0.5, 0.6) is 0 Å². The van der Waals surface area contributed by atoms with E-state index in [0.29, 0.717) is 0 Å². The lowest BCUT2D eigenvalue weighted by Crippen LogP contribution is -2.32. The van der Waals surface area contributed by atoms with Crippen LogP contribution in [0.3, 0.4) is 0 Å². The van der Waals surface area contributed by atoms with Crippen molar-refractivity contribution in [2.24, 2.45) is 4.99 Å². The highest BCUT2D eigenvalue weighted by atomic mass is 15.3. The third kappa shape index (κ3) is 1.73. The zero-order valence-electron chi connectivity index (χ0n) is 7.46. The standard InChI is InChI=1S/C8H15N3/c1-7-9-8(10(2)3)5-6-11(7)4/h1,5-6H2,2-4H3. The molecule has 1 heterocycles. The van der Waals surface area contributed by atoms with Gasteiger partial charge in [-0.15, -0.1) is 0 Å². The van der Waals surface area contributed by atoms with Gasteiger partial charge in [0.25, 0.3) is 0 Å². The van der Waals surface area contributed by atoms with Gasteiger partial charge in [-0.1, -0.05) is 6.58 Å². The Morgan fingerprint density at radius 1 is 1.55 bits per heavy atom. The van der Waals surface area contributed by atoms with Gasteiger partial charge in [0.15, 0.2) is 0 Å². The summed E-state index contributed by atoms with van der Waals surface area (Å²) in [4.78, 5) is 8.44. The van der Waals surface area contributed by atoms with Crippen LogP contribution in [-0.4, -0.2) is 43.3 Å². The van der Waals surface area contributed by atoms with Gasteiger partial charge in [0.05, 0.1) is 0 Å². The molecule has 0 aromatic rings. The molecule has 0 spiro atoms. The van der Waals surface area contributed by atoms with Gasteiger partial charge in [-0.25, -0.2) is 4.99 Å². The molecule has 0 fully saturated rings. The first-order valence-electron chi connectivity index (χ1n) is 3.76. The molecule has 11 heavy (non-hydrogen) atoms. The Labute approximate surface area is 68.0 Å².